The topological polar surface area (TPSA) is 107 Å². The molecule has 3 N–H and O–H groups in total. The van der Waals surface area contributed by atoms with E-state index in [1.54, 1.807) is 4.90 Å². The second kappa shape index (κ2) is 7.06. The SMILES string of the molecule is CC1(C)CC(O)=C(C(=O)NCC(=O)O)C(=O)N1Cc1ccc(C2CC2)cc1. The minimum atomic E-state index is -1.22. The standard InChI is InChI=1S/C20H24N2O5/c1-20(2)9-15(23)17(18(26)21-10-16(24)25)19(27)22(20)11-12-3-5-13(6-4-12)14-7-8-14/h3-6,14,23H,7-11H2,1-2H3,(H,21,26)(H,24,25). The molecule has 0 radical (unpaired) electrons. The quantitative estimate of drug-likeness (QED) is 0.663. The highest BCUT2D eigenvalue weighted by Gasteiger charge is 2.42. The number of benzene rings is 1. The molecule has 3 rings (SSSR count). The zero-order chi connectivity index (χ0) is 19.8. The first-order valence-electron chi connectivity index (χ1n) is 9.02. The Balaban J connectivity index is 1.80. The molecule has 1 aliphatic carbocycles. The molecule has 144 valence electrons. The number of nitrogens with zero attached hydrogens (tertiary/aromatic N) is 1. The lowest BCUT2D eigenvalue weighted by molar-refractivity contribution is -0.140. The van der Waals surface area contributed by atoms with Gasteiger partial charge in [-0.2, -0.15) is 0 Å². The van der Waals surface area contributed by atoms with Crippen LogP contribution in [0.2, 0.25) is 0 Å². The van der Waals surface area contributed by atoms with Crippen LogP contribution in [-0.2, 0) is 20.9 Å². The molecule has 27 heavy (non-hydrogen) atoms. The van der Waals surface area contributed by atoms with Crippen molar-refractivity contribution in [2.24, 2.45) is 0 Å². The van der Waals surface area contributed by atoms with Crippen molar-refractivity contribution in [2.75, 3.05) is 6.54 Å². The average Bonchev–Trinajstić information content (AvgIpc) is 3.41. The van der Waals surface area contributed by atoms with Crippen LogP contribution in [0.4, 0.5) is 0 Å². The van der Waals surface area contributed by atoms with Crippen molar-refractivity contribution in [3.63, 3.8) is 0 Å². The van der Waals surface area contributed by atoms with Crippen LogP contribution >= 0.6 is 0 Å². The van der Waals surface area contributed by atoms with Gasteiger partial charge in [-0.25, -0.2) is 0 Å². The van der Waals surface area contributed by atoms with E-state index in [1.165, 1.54) is 18.4 Å². The van der Waals surface area contributed by atoms with Crippen LogP contribution in [0.15, 0.2) is 35.6 Å². The summed E-state index contributed by atoms with van der Waals surface area (Å²) < 4.78 is 0. The molecule has 1 heterocycles. The maximum atomic E-state index is 12.9. The third-order valence-corrected chi connectivity index (χ3v) is 5.07. The fourth-order valence-electron chi connectivity index (χ4n) is 3.38. The number of hydrogen-bond donors (Lipinski definition) is 3. The highest BCUT2D eigenvalue weighted by molar-refractivity contribution is 6.19. The van der Waals surface area contributed by atoms with Gasteiger partial charge in [0.15, 0.2) is 0 Å². The highest BCUT2D eigenvalue weighted by Crippen LogP contribution is 2.40. The Hall–Kier alpha value is -2.83. The number of rotatable bonds is 6. The lowest BCUT2D eigenvalue weighted by Crippen LogP contribution is -2.53. The van der Waals surface area contributed by atoms with Gasteiger partial charge in [-0.1, -0.05) is 24.3 Å². The van der Waals surface area contributed by atoms with Gasteiger partial charge in [0, 0.05) is 18.5 Å². The van der Waals surface area contributed by atoms with E-state index in [2.05, 4.69) is 17.4 Å². The van der Waals surface area contributed by atoms with Gasteiger partial charge in [-0.3, -0.25) is 14.4 Å². The minimum Gasteiger partial charge on any atom is -0.511 e. The molecule has 1 saturated carbocycles. The molecule has 0 atom stereocenters. The Morgan fingerprint density at radius 3 is 2.41 bits per heavy atom. The molecule has 1 fully saturated rings. The van der Waals surface area contributed by atoms with Crippen molar-refractivity contribution in [3.05, 3.63) is 46.7 Å². The molecule has 1 aromatic rings. The van der Waals surface area contributed by atoms with E-state index in [-0.39, 0.29) is 17.8 Å². The van der Waals surface area contributed by atoms with Crippen molar-refractivity contribution >= 4 is 17.8 Å². The molecule has 0 bridgehead atoms. The number of carboxylic acids is 1. The molecule has 2 aliphatic rings. The summed E-state index contributed by atoms with van der Waals surface area (Å²) in [5.41, 5.74) is 1.18. The molecule has 0 aromatic heterocycles. The number of carbonyl (C=O) groups excluding carboxylic acids is 2. The Morgan fingerprint density at radius 2 is 1.85 bits per heavy atom. The second-order valence-electron chi connectivity index (χ2n) is 7.79. The molecule has 2 amide bonds. The predicted molar refractivity (Wildman–Crippen MR) is 98.0 cm³/mol. The first-order valence-corrected chi connectivity index (χ1v) is 9.02. The van der Waals surface area contributed by atoms with Crippen LogP contribution < -0.4 is 5.32 Å². The van der Waals surface area contributed by atoms with Crippen molar-refractivity contribution in [3.8, 4) is 0 Å². The lowest BCUT2D eigenvalue weighted by atomic mass is 9.88. The number of carbonyl (C=O) groups is 3. The summed E-state index contributed by atoms with van der Waals surface area (Å²) in [5.74, 6) is -2.35. The Morgan fingerprint density at radius 1 is 1.22 bits per heavy atom. The maximum Gasteiger partial charge on any atom is 0.322 e. The molecule has 0 spiro atoms. The lowest BCUT2D eigenvalue weighted by Gasteiger charge is -2.42. The number of aliphatic hydroxyl groups excluding tert-OH is 1. The van der Waals surface area contributed by atoms with Crippen molar-refractivity contribution in [2.45, 2.75) is 51.1 Å². The van der Waals surface area contributed by atoms with E-state index >= 15 is 0 Å². The van der Waals surface area contributed by atoms with Gasteiger partial charge in [-0.05, 0) is 43.7 Å². The van der Waals surface area contributed by atoms with Crippen molar-refractivity contribution in [1.82, 2.24) is 10.2 Å². The summed E-state index contributed by atoms with van der Waals surface area (Å²) in [6.07, 6.45) is 2.56. The summed E-state index contributed by atoms with van der Waals surface area (Å²) in [7, 11) is 0. The molecule has 0 saturated heterocycles. The smallest absolute Gasteiger partial charge is 0.322 e. The van der Waals surface area contributed by atoms with Gasteiger partial charge in [0.1, 0.15) is 17.9 Å². The third kappa shape index (κ3) is 4.13. The Labute approximate surface area is 157 Å². The largest absolute Gasteiger partial charge is 0.511 e. The molecule has 7 heteroatoms. The van der Waals surface area contributed by atoms with Crippen LogP contribution in [0.25, 0.3) is 0 Å². The van der Waals surface area contributed by atoms with Crippen molar-refractivity contribution < 1.29 is 24.6 Å². The summed E-state index contributed by atoms with van der Waals surface area (Å²) in [5, 5.41) is 21.1. The Kier molecular flexibility index (Phi) is 4.95. The molecule has 1 aliphatic heterocycles. The van der Waals surface area contributed by atoms with Gasteiger partial charge in [0.05, 0.1) is 0 Å². The normalized spacial score (nSPS) is 19.2. The summed E-state index contributed by atoms with van der Waals surface area (Å²) >= 11 is 0. The number of amides is 2. The monoisotopic (exact) mass is 372 g/mol. The van der Waals surface area contributed by atoms with E-state index in [4.69, 9.17) is 5.11 Å². The zero-order valence-electron chi connectivity index (χ0n) is 15.5. The third-order valence-electron chi connectivity index (χ3n) is 5.07. The average molecular weight is 372 g/mol. The number of carboxylic acid groups (broad SMARTS) is 1. The van der Waals surface area contributed by atoms with Crippen LogP contribution in [0.3, 0.4) is 0 Å². The number of hydrogen-bond acceptors (Lipinski definition) is 4. The molecule has 0 unspecified atom stereocenters. The fourth-order valence-corrected chi connectivity index (χ4v) is 3.38. The first kappa shape index (κ1) is 18.9. The van der Waals surface area contributed by atoms with Gasteiger partial charge in [0.25, 0.3) is 11.8 Å². The van der Waals surface area contributed by atoms with E-state index in [1.807, 2.05) is 26.0 Å². The number of aliphatic hydroxyl groups is 1. The van der Waals surface area contributed by atoms with Crippen LogP contribution in [0, 0.1) is 0 Å². The van der Waals surface area contributed by atoms with Gasteiger partial charge >= 0.3 is 5.97 Å². The van der Waals surface area contributed by atoms with Crippen LogP contribution in [0.1, 0.15) is 50.2 Å². The molecule has 7 nitrogen and oxygen atoms in total. The van der Waals surface area contributed by atoms with Crippen LogP contribution in [-0.4, -0.2) is 45.0 Å². The highest BCUT2D eigenvalue weighted by atomic mass is 16.4. The number of aliphatic carboxylic acids is 1. The zero-order valence-corrected chi connectivity index (χ0v) is 15.5. The minimum absolute atomic E-state index is 0.120. The summed E-state index contributed by atoms with van der Waals surface area (Å²) in [4.78, 5) is 37.3. The first-order chi connectivity index (χ1) is 12.7. The number of nitrogens with one attached hydrogen (secondary N) is 1. The molecular formula is C20H24N2O5. The van der Waals surface area contributed by atoms with E-state index < -0.39 is 29.9 Å². The van der Waals surface area contributed by atoms with Gasteiger partial charge in [-0.15, -0.1) is 0 Å². The predicted octanol–water partition coefficient (Wildman–Crippen LogP) is 2.09. The van der Waals surface area contributed by atoms with E-state index in [9.17, 15) is 19.5 Å². The van der Waals surface area contributed by atoms with Crippen LogP contribution in [0.5, 0.6) is 0 Å². The maximum absolute atomic E-state index is 12.9. The molecule has 1 aromatic carbocycles. The summed E-state index contributed by atoms with van der Waals surface area (Å²) in [6, 6.07) is 8.11. The Bertz CT molecular complexity index is 806. The summed E-state index contributed by atoms with van der Waals surface area (Å²) in [6.45, 7) is 3.34. The van der Waals surface area contributed by atoms with Gasteiger partial charge in [0.2, 0.25) is 0 Å². The van der Waals surface area contributed by atoms with E-state index in [0.29, 0.717) is 12.5 Å². The van der Waals surface area contributed by atoms with E-state index in [0.717, 1.165) is 5.56 Å². The second-order valence-corrected chi connectivity index (χ2v) is 7.79. The van der Waals surface area contributed by atoms with Gasteiger partial charge < -0.3 is 20.4 Å². The molecular weight excluding hydrogens is 348 g/mol. The van der Waals surface area contributed by atoms with Crippen molar-refractivity contribution in [1.29, 1.82) is 0 Å². The fraction of sp³-hybridized carbons (Fsp3) is 0.450.